The number of piperidine rings is 2. The van der Waals surface area contributed by atoms with Crippen molar-refractivity contribution >= 4 is 0 Å². The van der Waals surface area contributed by atoms with Gasteiger partial charge in [-0.25, -0.2) is 0 Å². The van der Waals surface area contributed by atoms with Gasteiger partial charge in [0.05, 0.1) is 0 Å². The van der Waals surface area contributed by atoms with Crippen molar-refractivity contribution in [3.63, 3.8) is 0 Å². The summed E-state index contributed by atoms with van der Waals surface area (Å²) < 4.78 is 0. The van der Waals surface area contributed by atoms with Gasteiger partial charge in [-0.3, -0.25) is 4.90 Å². The van der Waals surface area contributed by atoms with Crippen LogP contribution in [-0.2, 0) is 0 Å². The molecule has 1 saturated carbocycles. The fraction of sp³-hybridized carbons (Fsp3) is 1.00. The molecule has 3 rings (SSSR count). The number of hydrogen-bond donors (Lipinski definition) is 1. The van der Waals surface area contributed by atoms with Crippen molar-refractivity contribution in [3.8, 4) is 0 Å². The van der Waals surface area contributed by atoms with E-state index in [1.807, 2.05) is 0 Å². The second-order valence-electron chi connectivity index (χ2n) is 5.06. The van der Waals surface area contributed by atoms with Gasteiger partial charge in [0, 0.05) is 12.6 Å². The van der Waals surface area contributed by atoms with E-state index in [9.17, 15) is 0 Å². The zero-order valence-electron chi connectivity index (χ0n) is 8.34. The van der Waals surface area contributed by atoms with Crippen LogP contribution < -0.4 is 5.32 Å². The first-order valence-electron chi connectivity index (χ1n) is 5.88. The summed E-state index contributed by atoms with van der Waals surface area (Å²) in [4.78, 5) is 2.75. The Bertz CT molecular complexity index is 187. The van der Waals surface area contributed by atoms with Crippen LogP contribution >= 0.6 is 0 Å². The number of likely N-dealkylation sites (tertiary alicyclic amines) is 1. The summed E-state index contributed by atoms with van der Waals surface area (Å²) in [7, 11) is 0. The highest BCUT2D eigenvalue weighted by atomic mass is 15.2. The molecule has 74 valence electrons. The molecule has 3 aliphatic rings. The second kappa shape index (κ2) is 3.25. The Morgan fingerprint density at radius 3 is 2.92 bits per heavy atom. The van der Waals surface area contributed by atoms with Crippen LogP contribution in [0, 0.1) is 11.8 Å². The molecule has 3 fully saturated rings. The van der Waals surface area contributed by atoms with E-state index in [0.717, 1.165) is 17.9 Å². The molecule has 3 unspecified atom stereocenters. The Hall–Kier alpha value is -0.0800. The van der Waals surface area contributed by atoms with Crippen LogP contribution in [0.25, 0.3) is 0 Å². The highest BCUT2D eigenvalue weighted by Crippen LogP contribution is 2.44. The van der Waals surface area contributed by atoms with Gasteiger partial charge in [0.15, 0.2) is 0 Å². The zero-order chi connectivity index (χ0) is 8.67. The van der Waals surface area contributed by atoms with E-state index in [1.165, 1.54) is 51.9 Å². The minimum atomic E-state index is 0.952. The van der Waals surface area contributed by atoms with E-state index >= 15 is 0 Å². The molecule has 2 heterocycles. The molecule has 2 nitrogen and oxygen atoms in total. The summed E-state index contributed by atoms with van der Waals surface area (Å²) in [5.74, 6) is 2.06. The van der Waals surface area contributed by atoms with Crippen molar-refractivity contribution in [2.45, 2.75) is 31.7 Å². The summed E-state index contributed by atoms with van der Waals surface area (Å²) in [6.45, 7) is 5.30. The molecule has 3 atom stereocenters. The van der Waals surface area contributed by atoms with Gasteiger partial charge in [-0.2, -0.15) is 0 Å². The molecule has 2 saturated heterocycles. The highest BCUT2D eigenvalue weighted by Gasteiger charge is 2.46. The molecule has 1 aliphatic carbocycles. The predicted molar refractivity (Wildman–Crippen MR) is 53.7 cm³/mol. The Morgan fingerprint density at radius 1 is 1.31 bits per heavy atom. The number of nitrogens with one attached hydrogen (secondary N) is 1. The van der Waals surface area contributed by atoms with Gasteiger partial charge in [-0.05, 0) is 57.2 Å². The molecular weight excluding hydrogens is 160 g/mol. The molecule has 0 bridgehead atoms. The molecule has 2 aliphatic heterocycles. The van der Waals surface area contributed by atoms with Crippen LogP contribution in [0.5, 0.6) is 0 Å². The molecule has 0 aromatic heterocycles. The largest absolute Gasteiger partial charge is 0.316 e. The van der Waals surface area contributed by atoms with Crippen LogP contribution in [0.1, 0.15) is 25.7 Å². The molecule has 0 aromatic rings. The Kier molecular flexibility index (Phi) is 2.06. The summed E-state index contributed by atoms with van der Waals surface area (Å²) in [6, 6.07) is 1.02. The minimum Gasteiger partial charge on any atom is -0.316 e. The first-order valence-corrected chi connectivity index (χ1v) is 5.88. The Balaban J connectivity index is 1.50. The molecule has 0 amide bonds. The van der Waals surface area contributed by atoms with Crippen molar-refractivity contribution < 1.29 is 0 Å². The van der Waals surface area contributed by atoms with E-state index in [4.69, 9.17) is 0 Å². The van der Waals surface area contributed by atoms with Crippen molar-refractivity contribution in [1.29, 1.82) is 0 Å². The highest BCUT2D eigenvalue weighted by molar-refractivity contribution is 5.01. The van der Waals surface area contributed by atoms with Crippen LogP contribution in [-0.4, -0.2) is 37.1 Å². The van der Waals surface area contributed by atoms with E-state index < -0.39 is 0 Å². The lowest BCUT2D eigenvalue weighted by atomic mass is 9.99. The van der Waals surface area contributed by atoms with Crippen molar-refractivity contribution in [2.75, 3.05) is 26.2 Å². The summed E-state index contributed by atoms with van der Waals surface area (Å²) in [6.07, 6.45) is 5.86. The Labute approximate surface area is 80.7 Å². The molecule has 2 heteroatoms. The van der Waals surface area contributed by atoms with Gasteiger partial charge < -0.3 is 5.32 Å². The maximum absolute atomic E-state index is 3.51. The van der Waals surface area contributed by atoms with E-state index in [2.05, 4.69) is 10.2 Å². The smallest absolute Gasteiger partial charge is 0.0128 e. The fourth-order valence-electron chi connectivity index (χ4n) is 3.12. The van der Waals surface area contributed by atoms with Gasteiger partial charge in [-0.1, -0.05) is 0 Å². The van der Waals surface area contributed by atoms with Crippen LogP contribution in [0.4, 0.5) is 0 Å². The maximum Gasteiger partial charge on any atom is 0.0128 e. The quantitative estimate of drug-likeness (QED) is 0.684. The third-order valence-electron chi connectivity index (χ3n) is 4.03. The molecule has 1 N–H and O–H groups in total. The van der Waals surface area contributed by atoms with Gasteiger partial charge >= 0.3 is 0 Å². The standard InChI is InChI=1S/C11H20N2/c1-2-9(7-12-4-1)8-13-5-3-10-6-11(10)13/h9-12H,1-8H2. The number of nitrogens with zero attached hydrogens (tertiary/aromatic N) is 1. The van der Waals surface area contributed by atoms with Gasteiger partial charge in [-0.15, -0.1) is 0 Å². The zero-order valence-corrected chi connectivity index (χ0v) is 8.34. The first kappa shape index (κ1) is 8.25. The van der Waals surface area contributed by atoms with Gasteiger partial charge in [0.25, 0.3) is 0 Å². The molecular formula is C11H20N2. The Morgan fingerprint density at radius 2 is 2.31 bits per heavy atom. The second-order valence-corrected chi connectivity index (χ2v) is 5.06. The van der Waals surface area contributed by atoms with Crippen LogP contribution in [0.3, 0.4) is 0 Å². The lowest BCUT2D eigenvalue weighted by molar-refractivity contribution is 0.222. The number of rotatable bonds is 2. The average Bonchev–Trinajstić information content (AvgIpc) is 2.86. The summed E-state index contributed by atoms with van der Waals surface area (Å²) >= 11 is 0. The summed E-state index contributed by atoms with van der Waals surface area (Å²) in [5.41, 5.74) is 0. The number of hydrogen-bond acceptors (Lipinski definition) is 2. The molecule has 13 heavy (non-hydrogen) atoms. The maximum atomic E-state index is 3.51. The van der Waals surface area contributed by atoms with Gasteiger partial charge in [0.1, 0.15) is 0 Å². The third-order valence-corrected chi connectivity index (χ3v) is 4.03. The lowest BCUT2D eigenvalue weighted by Crippen LogP contribution is -2.38. The molecule has 0 aromatic carbocycles. The fourth-order valence-corrected chi connectivity index (χ4v) is 3.12. The van der Waals surface area contributed by atoms with E-state index in [-0.39, 0.29) is 0 Å². The van der Waals surface area contributed by atoms with Crippen molar-refractivity contribution in [2.24, 2.45) is 11.8 Å². The normalized spacial score (nSPS) is 44.8. The van der Waals surface area contributed by atoms with E-state index in [1.54, 1.807) is 0 Å². The van der Waals surface area contributed by atoms with Crippen molar-refractivity contribution in [3.05, 3.63) is 0 Å². The molecule has 0 spiro atoms. The first-order chi connectivity index (χ1) is 6.43. The average molecular weight is 180 g/mol. The van der Waals surface area contributed by atoms with Crippen molar-refractivity contribution in [1.82, 2.24) is 10.2 Å². The monoisotopic (exact) mass is 180 g/mol. The van der Waals surface area contributed by atoms with E-state index in [0.29, 0.717) is 0 Å². The SMILES string of the molecule is C1CNCC(CN2CCC3CC32)C1. The number of fused-ring (bicyclic) bond motifs is 1. The topological polar surface area (TPSA) is 15.3 Å². The lowest BCUT2D eigenvalue weighted by Gasteiger charge is -2.28. The third kappa shape index (κ3) is 1.62. The van der Waals surface area contributed by atoms with Crippen LogP contribution in [0.2, 0.25) is 0 Å². The van der Waals surface area contributed by atoms with Crippen LogP contribution in [0.15, 0.2) is 0 Å². The molecule has 0 radical (unpaired) electrons. The minimum absolute atomic E-state index is 0.952. The van der Waals surface area contributed by atoms with Gasteiger partial charge in [0.2, 0.25) is 0 Å². The summed E-state index contributed by atoms with van der Waals surface area (Å²) in [5, 5.41) is 3.51. The predicted octanol–water partition coefficient (Wildman–Crippen LogP) is 1.08.